The lowest BCUT2D eigenvalue weighted by Crippen LogP contribution is -2.46. The van der Waals surface area contributed by atoms with Gasteiger partial charge in [-0.15, -0.1) is 23.1 Å². The predicted molar refractivity (Wildman–Crippen MR) is 77.4 cm³/mol. The molecule has 0 aromatic carbocycles. The number of carbonyl (C=O) groups excluding carboxylic acids is 1. The molecule has 1 amide bonds. The number of amides is 1. The Morgan fingerprint density at radius 1 is 1.63 bits per heavy atom. The van der Waals surface area contributed by atoms with Crippen LogP contribution < -0.4 is 11.1 Å². The molecule has 4 N–H and O–H groups in total. The number of aromatic nitrogens is 1. The van der Waals surface area contributed by atoms with Crippen LogP contribution in [-0.4, -0.2) is 32.8 Å². The summed E-state index contributed by atoms with van der Waals surface area (Å²) in [5.41, 5.74) is 6.43. The number of hydrogen-bond acceptors (Lipinski definition) is 6. The number of hydrogen-bond donors (Lipinski definition) is 3. The van der Waals surface area contributed by atoms with E-state index < -0.39 is 16.8 Å². The molecular formula is C11H17N3O3S2. The minimum absolute atomic E-state index is 0.165. The van der Waals surface area contributed by atoms with Crippen molar-refractivity contribution in [1.29, 1.82) is 0 Å². The number of carbonyl (C=O) groups is 2. The minimum atomic E-state index is -1.02. The summed E-state index contributed by atoms with van der Waals surface area (Å²) in [6, 6.07) is -0.939. The zero-order valence-corrected chi connectivity index (χ0v) is 12.6. The smallest absolute Gasteiger partial charge is 0.321 e. The lowest BCUT2D eigenvalue weighted by Gasteiger charge is -2.27. The molecule has 8 heteroatoms. The molecule has 6 nitrogen and oxygen atoms in total. The Morgan fingerprint density at radius 2 is 2.26 bits per heavy atom. The molecule has 0 radical (unpaired) electrons. The number of nitrogens with two attached hydrogens (primary N) is 1. The molecule has 0 saturated heterocycles. The van der Waals surface area contributed by atoms with Crippen LogP contribution in [0.4, 0.5) is 5.13 Å². The maximum atomic E-state index is 10.9. The molecule has 0 unspecified atom stereocenters. The van der Waals surface area contributed by atoms with Gasteiger partial charge in [-0.3, -0.25) is 9.59 Å². The molecular weight excluding hydrogens is 286 g/mol. The molecule has 0 saturated carbocycles. The molecule has 0 aliphatic heterocycles. The summed E-state index contributed by atoms with van der Waals surface area (Å²) in [5, 5.41) is 13.9. The second kappa shape index (κ2) is 6.36. The molecule has 0 fully saturated rings. The van der Waals surface area contributed by atoms with Crippen LogP contribution in [0.25, 0.3) is 0 Å². The topological polar surface area (TPSA) is 105 Å². The van der Waals surface area contributed by atoms with E-state index in [0.29, 0.717) is 10.9 Å². The maximum Gasteiger partial charge on any atom is 0.321 e. The van der Waals surface area contributed by atoms with Crippen LogP contribution in [-0.2, 0) is 15.3 Å². The Balaban J connectivity index is 2.59. The molecule has 1 aromatic heterocycles. The van der Waals surface area contributed by atoms with E-state index in [1.165, 1.54) is 30.0 Å². The molecule has 106 valence electrons. The van der Waals surface area contributed by atoms with Gasteiger partial charge in [0.2, 0.25) is 5.91 Å². The molecule has 1 aromatic rings. The first-order valence-corrected chi connectivity index (χ1v) is 7.43. The van der Waals surface area contributed by atoms with Gasteiger partial charge in [-0.2, -0.15) is 0 Å². The summed E-state index contributed by atoms with van der Waals surface area (Å²) in [4.78, 5) is 26.0. The summed E-state index contributed by atoms with van der Waals surface area (Å²) in [6.45, 7) is 5.00. The standard InChI is InChI=1S/C11H17N3O3S2/c1-6(15)13-10-14-7(4-18-10)5-19-11(2,3)8(12)9(16)17/h4,8H,5,12H2,1-3H3,(H,16,17)(H,13,14,15)/t8-/m1/s1. The van der Waals surface area contributed by atoms with Gasteiger partial charge in [0.15, 0.2) is 5.13 Å². The molecule has 1 rings (SSSR count). The van der Waals surface area contributed by atoms with Gasteiger partial charge in [0.05, 0.1) is 5.69 Å². The number of rotatable bonds is 6. The van der Waals surface area contributed by atoms with Crippen molar-refractivity contribution >= 4 is 40.1 Å². The van der Waals surface area contributed by atoms with Gasteiger partial charge < -0.3 is 16.2 Å². The van der Waals surface area contributed by atoms with E-state index in [1.807, 2.05) is 5.38 Å². The Labute approximate surface area is 119 Å². The Kier molecular flexibility index (Phi) is 5.33. The summed E-state index contributed by atoms with van der Waals surface area (Å²) in [5.74, 6) is -0.638. The zero-order valence-electron chi connectivity index (χ0n) is 11.0. The third-order valence-corrected chi connectivity index (χ3v) is 4.69. The van der Waals surface area contributed by atoms with Crippen molar-refractivity contribution in [2.24, 2.45) is 5.73 Å². The van der Waals surface area contributed by atoms with Crippen molar-refractivity contribution in [3.63, 3.8) is 0 Å². The van der Waals surface area contributed by atoms with Gasteiger partial charge in [0.25, 0.3) is 0 Å². The number of anilines is 1. The Hall–Kier alpha value is -1.12. The number of nitrogens with one attached hydrogen (secondary N) is 1. The fraction of sp³-hybridized carbons (Fsp3) is 0.545. The number of nitrogens with zero attached hydrogens (tertiary/aromatic N) is 1. The molecule has 0 spiro atoms. The van der Waals surface area contributed by atoms with E-state index in [0.717, 1.165) is 5.69 Å². The van der Waals surface area contributed by atoms with Gasteiger partial charge >= 0.3 is 5.97 Å². The first kappa shape index (κ1) is 15.9. The van der Waals surface area contributed by atoms with Gasteiger partial charge in [0.1, 0.15) is 6.04 Å². The van der Waals surface area contributed by atoms with Crippen molar-refractivity contribution in [2.45, 2.75) is 37.3 Å². The average molecular weight is 303 g/mol. The van der Waals surface area contributed by atoms with Gasteiger partial charge in [-0.05, 0) is 13.8 Å². The minimum Gasteiger partial charge on any atom is -0.480 e. The van der Waals surface area contributed by atoms with E-state index >= 15 is 0 Å². The fourth-order valence-corrected chi connectivity index (χ4v) is 3.04. The van der Waals surface area contributed by atoms with Gasteiger partial charge in [-0.25, -0.2) is 4.98 Å². The number of thiazole rings is 1. The molecule has 1 heterocycles. The van der Waals surface area contributed by atoms with Crippen molar-refractivity contribution in [2.75, 3.05) is 5.32 Å². The average Bonchev–Trinajstić information content (AvgIpc) is 2.72. The van der Waals surface area contributed by atoms with E-state index in [2.05, 4.69) is 10.3 Å². The lowest BCUT2D eigenvalue weighted by atomic mass is 10.1. The van der Waals surface area contributed by atoms with E-state index in [1.54, 1.807) is 13.8 Å². The molecule has 0 aliphatic rings. The molecule has 0 aliphatic carbocycles. The van der Waals surface area contributed by atoms with Crippen LogP contribution >= 0.6 is 23.1 Å². The Morgan fingerprint density at radius 3 is 2.79 bits per heavy atom. The van der Waals surface area contributed by atoms with Crippen molar-refractivity contribution < 1.29 is 14.7 Å². The van der Waals surface area contributed by atoms with Gasteiger partial charge in [0, 0.05) is 22.8 Å². The van der Waals surface area contributed by atoms with Crippen LogP contribution in [0, 0.1) is 0 Å². The highest BCUT2D eigenvalue weighted by Crippen LogP contribution is 2.31. The number of aliphatic carboxylic acids is 1. The fourth-order valence-electron chi connectivity index (χ4n) is 1.23. The first-order chi connectivity index (χ1) is 8.72. The zero-order chi connectivity index (χ0) is 14.6. The van der Waals surface area contributed by atoms with Crippen molar-refractivity contribution in [3.8, 4) is 0 Å². The van der Waals surface area contributed by atoms with Crippen molar-refractivity contribution in [3.05, 3.63) is 11.1 Å². The van der Waals surface area contributed by atoms with E-state index in [4.69, 9.17) is 10.8 Å². The summed E-state index contributed by atoms with van der Waals surface area (Å²) < 4.78 is -0.594. The third-order valence-electron chi connectivity index (χ3n) is 2.44. The van der Waals surface area contributed by atoms with Crippen molar-refractivity contribution in [1.82, 2.24) is 4.98 Å². The molecule has 19 heavy (non-hydrogen) atoms. The van der Waals surface area contributed by atoms with Crippen LogP contribution in [0.3, 0.4) is 0 Å². The third kappa shape index (κ3) is 4.81. The highest BCUT2D eigenvalue weighted by Gasteiger charge is 2.32. The Bertz CT molecular complexity index is 474. The quantitative estimate of drug-likeness (QED) is 0.736. The summed E-state index contributed by atoms with van der Waals surface area (Å²) in [6.07, 6.45) is 0. The first-order valence-electron chi connectivity index (χ1n) is 5.56. The van der Waals surface area contributed by atoms with Crippen LogP contribution in [0.1, 0.15) is 26.5 Å². The van der Waals surface area contributed by atoms with E-state index in [9.17, 15) is 9.59 Å². The number of carboxylic acids is 1. The molecule has 1 atom stereocenters. The number of carboxylic acid groups (broad SMARTS) is 1. The largest absolute Gasteiger partial charge is 0.480 e. The van der Waals surface area contributed by atoms with Crippen LogP contribution in [0.2, 0.25) is 0 Å². The normalized spacial score (nSPS) is 13.1. The highest BCUT2D eigenvalue weighted by atomic mass is 32.2. The lowest BCUT2D eigenvalue weighted by molar-refractivity contribution is -0.139. The summed E-state index contributed by atoms with van der Waals surface area (Å²) >= 11 is 2.77. The monoisotopic (exact) mass is 303 g/mol. The number of thioether (sulfide) groups is 1. The second-order valence-corrected chi connectivity index (χ2v) is 7.02. The summed E-state index contributed by atoms with van der Waals surface area (Å²) in [7, 11) is 0. The van der Waals surface area contributed by atoms with E-state index in [-0.39, 0.29) is 5.91 Å². The maximum absolute atomic E-state index is 10.9. The van der Waals surface area contributed by atoms with Gasteiger partial charge in [-0.1, -0.05) is 0 Å². The highest BCUT2D eigenvalue weighted by molar-refractivity contribution is 7.99. The SMILES string of the molecule is CC(=O)Nc1nc(CSC(C)(C)[C@H](N)C(=O)O)cs1. The molecule has 0 bridgehead atoms. The van der Waals surface area contributed by atoms with Crippen LogP contribution in [0.15, 0.2) is 5.38 Å². The second-order valence-electron chi connectivity index (χ2n) is 4.53. The van der Waals surface area contributed by atoms with Crippen LogP contribution in [0.5, 0.6) is 0 Å². The predicted octanol–water partition coefficient (Wildman–Crippen LogP) is 1.53.